The zero-order chi connectivity index (χ0) is 13.0. The summed E-state index contributed by atoms with van der Waals surface area (Å²) in [6.45, 7) is 6.89. The van der Waals surface area contributed by atoms with Crippen LogP contribution in [-0.4, -0.2) is 22.3 Å². The lowest BCUT2D eigenvalue weighted by Crippen LogP contribution is -2.38. The van der Waals surface area contributed by atoms with Gasteiger partial charge in [-0.15, -0.1) is 0 Å². The highest BCUT2D eigenvalue weighted by Crippen LogP contribution is 2.66. The van der Waals surface area contributed by atoms with Crippen molar-refractivity contribution < 1.29 is 9.53 Å². The van der Waals surface area contributed by atoms with Crippen LogP contribution in [0.25, 0.3) is 0 Å². The fraction of sp³-hybridized carbons (Fsp3) is 0.714. The van der Waals surface area contributed by atoms with Gasteiger partial charge in [0.2, 0.25) is 0 Å². The van der Waals surface area contributed by atoms with Crippen LogP contribution in [0.2, 0.25) is 0 Å². The number of fused-ring (bicyclic) bond motifs is 2. The molecule has 0 spiro atoms. The van der Waals surface area contributed by atoms with Crippen LogP contribution in [0.5, 0.6) is 0 Å². The van der Waals surface area contributed by atoms with Crippen molar-refractivity contribution in [3.63, 3.8) is 0 Å². The highest BCUT2D eigenvalue weighted by molar-refractivity contribution is 5.87. The zero-order valence-electron chi connectivity index (χ0n) is 11.2. The first-order valence-corrected chi connectivity index (χ1v) is 6.66. The van der Waals surface area contributed by atoms with Gasteiger partial charge in [-0.25, -0.2) is 4.79 Å². The minimum Gasteiger partial charge on any atom is -0.457 e. The van der Waals surface area contributed by atoms with Crippen LogP contribution in [0, 0.1) is 16.7 Å². The lowest BCUT2D eigenvalue weighted by Gasteiger charge is -2.38. The van der Waals surface area contributed by atoms with Crippen molar-refractivity contribution in [2.75, 3.05) is 0 Å². The predicted octanol–water partition coefficient (Wildman–Crippen LogP) is 2.78. The molecule has 1 heterocycles. The second-order valence-corrected chi connectivity index (χ2v) is 6.46. The molecule has 3 rings (SSSR count). The van der Waals surface area contributed by atoms with Crippen molar-refractivity contribution in [2.24, 2.45) is 16.7 Å². The fourth-order valence-corrected chi connectivity index (χ4v) is 3.87. The number of aromatic amines is 1. The molecule has 1 N–H and O–H groups in total. The molecule has 2 aliphatic carbocycles. The minimum absolute atomic E-state index is 0.0375. The molecule has 4 nitrogen and oxygen atoms in total. The van der Waals surface area contributed by atoms with Crippen molar-refractivity contribution in [3.05, 3.63) is 18.0 Å². The van der Waals surface area contributed by atoms with Crippen molar-refractivity contribution in [2.45, 2.75) is 46.1 Å². The van der Waals surface area contributed by atoms with E-state index in [0.717, 1.165) is 12.8 Å². The highest BCUT2D eigenvalue weighted by atomic mass is 16.5. The molecule has 0 amide bonds. The van der Waals surface area contributed by atoms with Gasteiger partial charge in [-0.05, 0) is 36.7 Å². The number of nitrogens with one attached hydrogen (secondary N) is 1. The summed E-state index contributed by atoms with van der Waals surface area (Å²) in [5, 5.41) is 6.52. The van der Waals surface area contributed by atoms with Gasteiger partial charge in [0.05, 0.1) is 0 Å². The van der Waals surface area contributed by atoms with E-state index in [0.29, 0.717) is 11.6 Å². The quantitative estimate of drug-likeness (QED) is 0.819. The Bertz CT molecular complexity index is 466. The Balaban J connectivity index is 1.78. The molecule has 2 fully saturated rings. The molecule has 1 aromatic rings. The topological polar surface area (TPSA) is 55.0 Å². The molecule has 98 valence electrons. The number of ether oxygens (including phenoxy) is 1. The third-order valence-corrected chi connectivity index (χ3v) is 5.67. The van der Waals surface area contributed by atoms with Gasteiger partial charge in [0.1, 0.15) is 6.10 Å². The Kier molecular flexibility index (Phi) is 2.34. The lowest BCUT2D eigenvalue weighted by molar-refractivity contribution is -0.0247. The summed E-state index contributed by atoms with van der Waals surface area (Å²) >= 11 is 0. The van der Waals surface area contributed by atoms with Crippen molar-refractivity contribution in [3.8, 4) is 0 Å². The molecular weight excluding hydrogens is 228 g/mol. The van der Waals surface area contributed by atoms with Gasteiger partial charge in [0, 0.05) is 11.6 Å². The molecule has 3 atom stereocenters. The summed E-state index contributed by atoms with van der Waals surface area (Å²) in [7, 11) is 0. The third kappa shape index (κ3) is 1.38. The second kappa shape index (κ2) is 3.59. The number of rotatable bonds is 2. The van der Waals surface area contributed by atoms with E-state index in [2.05, 4.69) is 31.0 Å². The van der Waals surface area contributed by atoms with Crippen LogP contribution >= 0.6 is 0 Å². The summed E-state index contributed by atoms with van der Waals surface area (Å²) in [6, 6.07) is 1.66. The van der Waals surface area contributed by atoms with E-state index in [1.54, 1.807) is 12.3 Å². The summed E-state index contributed by atoms with van der Waals surface area (Å²) in [5.74, 6) is 0.380. The van der Waals surface area contributed by atoms with Gasteiger partial charge in [-0.2, -0.15) is 5.10 Å². The van der Waals surface area contributed by atoms with Crippen molar-refractivity contribution in [1.29, 1.82) is 0 Å². The molecule has 18 heavy (non-hydrogen) atoms. The fourth-order valence-electron chi connectivity index (χ4n) is 3.87. The van der Waals surface area contributed by atoms with Gasteiger partial charge in [0.15, 0.2) is 5.69 Å². The normalized spacial score (nSPS) is 36.8. The monoisotopic (exact) mass is 248 g/mol. The smallest absolute Gasteiger partial charge is 0.359 e. The summed E-state index contributed by atoms with van der Waals surface area (Å²) < 4.78 is 5.71. The van der Waals surface area contributed by atoms with Crippen molar-refractivity contribution >= 4 is 5.97 Å². The van der Waals surface area contributed by atoms with E-state index in [9.17, 15) is 4.79 Å². The third-order valence-electron chi connectivity index (χ3n) is 5.67. The number of nitrogens with zero attached hydrogens (tertiary/aromatic N) is 1. The predicted molar refractivity (Wildman–Crippen MR) is 67.0 cm³/mol. The standard InChI is InChI=1S/C14H20N2O2/c1-13(2)9-4-6-14(13,3)11(8-9)18-12(17)10-5-7-15-16-10/h5,7,9,11H,4,6,8H2,1-3H3,(H,15,16). The first-order valence-electron chi connectivity index (χ1n) is 6.66. The van der Waals surface area contributed by atoms with Crippen LogP contribution in [0.1, 0.15) is 50.5 Å². The van der Waals surface area contributed by atoms with Gasteiger partial charge in [-0.1, -0.05) is 20.8 Å². The van der Waals surface area contributed by atoms with E-state index in [1.165, 1.54) is 6.42 Å². The maximum absolute atomic E-state index is 12.0. The minimum atomic E-state index is -0.300. The van der Waals surface area contributed by atoms with Crippen molar-refractivity contribution in [1.82, 2.24) is 10.2 Å². The SMILES string of the molecule is CC1(C)C2CCC1(C)C(OC(=O)c1cc[nH]n1)C2. The number of hydrogen-bond acceptors (Lipinski definition) is 3. The van der Waals surface area contributed by atoms with Gasteiger partial charge < -0.3 is 4.74 Å². The number of carbonyl (C=O) groups excluding carboxylic acids is 1. The lowest BCUT2D eigenvalue weighted by atomic mass is 9.70. The van der Waals surface area contributed by atoms with Crippen LogP contribution in [0.15, 0.2) is 12.3 Å². The molecule has 4 heteroatoms. The van der Waals surface area contributed by atoms with Crippen LogP contribution in [-0.2, 0) is 4.74 Å². The average molecular weight is 248 g/mol. The maximum atomic E-state index is 12.0. The zero-order valence-corrected chi connectivity index (χ0v) is 11.2. The molecular formula is C14H20N2O2. The number of esters is 1. The van der Waals surface area contributed by atoms with E-state index in [1.807, 2.05) is 0 Å². The van der Waals surface area contributed by atoms with Crippen LogP contribution in [0.4, 0.5) is 0 Å². The first-order chi connectivity index (χ1) is 8.45. The summed E-state index contributed by atoms with van der Waals surface area (Å²) in [5.41, 5.74) is 0.756. The molecule has 2 aliphatic rings. The second-order valence-electron chi connectivity index (χ2n) is 6.46. The Morgan fingerprint density at radius 2 is 2.28 bits per heavy atom. The van der Waals surface area contributed by atoms with E-state index in [4.69, 9.17) is 4.74 Å². The Hall–Kier alpha value is -1.32. The number of aromatic nitrogens is 2. The average Bonchev–Trinajstić information content (AvgIpc) is 2.95. The Labute approximate surface area is 107 Å². The van der Waals surface area contributed by atoms with E-state index in [-0.39, 0.29) is 22.9 Å². The molecule has 1 aromatic heterocycles. The van der Waals surface area contributed by atoms with Gasteiger partial charge >= 0.3 is 5.97 Å². The number of hydrogen-bond donors (Lipinski definition) is 1. The summed E-state index contributed by atoms with van der Waals surface area (Å²) in [6.07, 6.45) is 5.10. The number of H-pyrrole nitrogens is 1. The summed E-state index contributed by atoms with van der Waals surface area (Å²) in [4.78, 5) is 12.0. The van der Waals surface area contributed by atoms with Crippen LogP contribution < -0.4 is 0 Å². The van der Waals surface area contributed by atoms with E-state index < -0.39 is 0 Å². The molecule has 2 bridgehead atoms. The Morgan fingerprint density at radius 1 is 1.50 bits per heavy atom. The molecule has 0 aliphatic heterocycles. The number of carbonyl (C=O) groups is 1. The molecule has 2 saturated carbocycles. The van der Waals surface area contributed by atoms with Gasteiger partial charge in [0.25, 0.3) is 0 Å². The molecule has 0 saturated heterocycles. The first kappa shape index (κ1) is 11.8. The van der Waals surface area contributed by atoms with Gasteiger partial charge in [-0.3, -0.25) is 5.10 Å². The Morgan fingerprint density at radius 3 is 2.78 bits per heavy atom. The largest absolute Gasteiger partial charge is 0.457 e. The maximum Gasteiger partial charge on any atom is 0.359 e. The van der Waals surface area contributed by atoms with E-state index >= 15 is 0 Å². The van der Waals surface area contributed by atoms with Crippen LogP contribution in [0.3, 0.4) is 0 Å². The molecule has 3 unspecified atom stereocenters. The highest BCUT2D eigenvalue weighted by Gasteiger charge is 2.62. The molecule has 0 aromatic carbocycles. The molecule has 0 radical (unpaired) electrons.